The first-order chi connectivity index (χ1) is 16.2. The minimum atomic E-state index is -0.250. The molecule has 0 spiro atoms. The minimum absolute atomic E-state index is 0.0200. The summed E-state index contributed by atoms with van der Waals surface area (Å²) in [6, 6.07) is 12.8. The highest BCUT2D eigenvalue weighted by Gasteiger charge is 2.35. The topological polar surface area (TPSA) is 54.7 Å². The molecule has 3 aromatic rings. The Labute approximate surface area is 226 Å². The van der Waals surface area contributed by atoms with Gasteiger partial charge in [0.25, 0.3) is 5.91 Å². The van der Waals surface area contributed by atoms with E-state index in [1.165, 1.54) is 4.90 Å². The SMILES string of the molecule is CC(c1ccccc1)N1C(=O)/C(=C/c2ccc(COc3c(Cl)c(Cl)c(Cl)c(Cl)c3Cl)o2)NC1=S. The number of amides is 1. The van der Waals surface area contributed by atoms with Gasteiger partial charge in [0.1, 0.15) is 33.9 Å². The lowest BCUT2D eigenvalue weighted by Crippen LogP contribution is -2.33. The fourth-order valence-corrected chi connectivity index (χ4v) is 4.91. The number of ether oxygens (including phenoxy) is 1. The van der Waals surface area contributed by atoms with E-state index < -0.39 is 0 Å². The standard InChI is InChI=1S/C23H15Cl5N2O3S/c1-11(12-5-3-2-4-6-12)30-22(31)15(29-23(30)34)9-13-7-8-14(33-13)10-32-21-19(27)17(25)16(24)18(26)20(21)28/h2-9,11H,10H2,1H3,(H,29,34)/b15-9-. The molecule has 1 aliphatic rings. The van der Waals surface area contributed by atoms with E-state index in [4.69, 9.17) is 79.4 Å². The van der Waals surface area contributed by atoms with Crippen LogP contribution in [0, 0.1) is 0 Å². The highest BCUT2D eigenvalue weighted by Crippen LogP contribution is 2.48. The van der Waals surface area contributed by atoms with Crippen molar-refractivity contribution in [2.24, 2.45) is 0 Å². The largest absolute Gasteiger partial charge is 0.482 e. The van der Waals surface area contributed by atoms with Crippen molar-refractivity contribution >= 4 is 87.3 Å². The zero-order valence-electron chi connectivity index (χ0n) is 17.4. The molecule has 1 aliphatic heterocycles. The fraction of sp³-hybridized carbons (Fsp3) is 0.130. The molecular weight excluding hydrogens is 562 g/mol. The predicted molar refractivity (Wildman–Crippen MR) is 140 cm³/mol. The van der Waals surface area contributed by atoms with Crippen molar-refractivity contribution in [1.29, 1.82) is 0 Å². The van der Waals surface area contributed by atoms with Gasteiger partial charge in [-0.25, -0.2) is 0 Å². The lowest BCUT2D eigenvalue weighted by molar-refractivity contribution is -0.123. The Morgan fingerprint density at radius 3 is 2.26 bits per heavy atom. The van der Waals surface area contributed by atoms with E-state index >= 15 is 0 Å². The maximum absolute atomic E-state index is 13.0. The summed E-state index contributed by atoms with van der Waals surface area (Å²) in [6.45, 7) is 1.89. The van der Waals surface area contributed by atoms with E-state index in [0.717, 1.165) is 5.56 Å². The Bertz CT molecular complexity index is 1280. The number of carbonyl (C=O) groups is 1. The average molecular weight is 577 g/mol. The van der Waals surface area contributed by atoms with Crippen LogP contribution in [0.3, 0.4) is 0 Å². The number of nitrogens with zero attached hydrogens (tertiary/aromatic N) is 1. The summed E-state index contributed by atoms with van der Waals surface area (Å²) in [5, 5.41) is 3.47. The summed E-state index contributed by atoms with van der Waals surface area (Å²) < 4.78 is 11.4. The number of furan rings is 1. The van der Waals surface area contributed by atoms with E-state index in [1.807, 2.05) is 37.3 Å². The molecule has 1 unspecified atom stereocenters. The van der Waals surface area contributed by atoms with Gasteiger partial charge in [0.05, 0.1) is 21.1 Å². The van der Waals surface area contributed by atoms with Gasteiger partial charge < -0.3 is 14.5 Å². The van der Waals surface area contributed by atoms with Crippen LogP contribution in [0.15, 0.2) is 52.6 Å². The van der Waals surface area contributed by atoms with Gasteiger partial charge in [0.15, 0.2) is 10.9 Å². The Morgan fingerprint density at radius 1 is 1.00 bits per heavy atom. The number of benzene rings is 2. The van der Waals surface area contributed by atoms with Gasteiger partial charge in [-0.1, -0.05) is 88.3 Å². The number of thiocarbonyl (C=S) groups is 1. The average Bonchev–Trinajstić information content (AvgIpc) is 3.39. The molecule has 1 N–H and O–H groups in total. The smallest absolute Gasteiger partial charge is 0.277 e. The molecule has 1 atom stereocenters. The van der Waals surface area contributed by atoms with Crippen LogP contribution < -0.4 is 10.1 Å². The molecule has 1 amide bonds. The Hall–Kier alpha value is -1.93. The maximum atomic E-state index is 13.0. The molecule has 0 bridgehead atoms. The number of hydrogen-bond donors (Lipinski definition) is 1. The summed E-state index contributed by atoms with van der Waals surface area (Å²) >= 11 is 35.9. The van der Waals surface area contributed by atoms with Crippen molar-refractivity contribution in [1.82, 2.24) is 10.2 Å². The van der Waals surface area contributed by atoms with Gasteiger partial charge in [0.2, 0.25) is 0 Å². The minimum Gasteiger partial charge on any atom is -0.482 e. The summed E-state index contributed by atoms with van der Waals surface area (Å²) in [4.78, 5) is 14.5. The number of nitrogens with one attached hydrogen (secondary N) is 1. The van der Waals surface area contributed by atoms with E-state index in [9.17, 15) is 4.79 Å². The van der Waals surface area contributed by atoms with Crippen LogP contribution in [0.2, 0.25) is 25.1 Å². The van der Waals surface area contributed by atoms with Gasteiger partial charge >= 0.3 is 0 Å². The molecular formula is C23H15Cl5N2O3S. The monoisotopic (exact) mass is 574 g/mol. The molecule has 0 saturated carbocycles. The van der Waals surface area contributed by atoms with E-state index in [0.29, 0.717) is 22.3 Å². The third kappa shape index (κ3) is 4.89. The van der Waals surface area contributed by atoms with Gasteiger partial charge in [0, 0.05) is 6.08 Å². The van der Waals surface area contributed by atoms with Crippen molar-refractivity contribution in [2.75, 3.05) is 0 Å². The molecule has 5 nitrogen and oxygen atoms in total. The van der Waals surface area contributed by atoms with Crippen LogP contribution in [-0.2, 0) is 11.4 Å². The van der Waals surface area contributed by atoms with Crippen LogP contribution >= 0.6 is 70.2 Å². The van der Waals surface area contributed by atoms with Gasteiger partial charge in [-0.05, 0) is 36.8 Å². The van der Waals surface area contributed by atoms with Crippen molar-refractivity contribution in [2.45, 2.75) is 19.6 Å². The summed E-state index contributed by atoms with van der Waals surface area (Å²) in [7, 11) is 0. The van der Waals surface area contributed by atoms with Gasteiger partial charge in [-0.3, -0.25) is 9.69 Å². The van der Waals surface area contributed by atoms with Crippen LogP contribution in [0.1, 0.15) is 30.0 Å². The lowest BCUT2D eigenvalue weighted by atomic mass is 10.1. The predicted octanol–water partition coefficient (Wildman–Crippen LogP) is 7.94. The molecule has 176 valence electrons. The highest BCUT2D eigenvalue weighted by molar-refractivity contribution is 7.80. The molecule has 0 aliphatic carbocycles. The molecule has 1 aromatic heterocycles. The van der Waals surface area contributed by atoms with Crippen molar-refractivity contribution in [3.63, 3.8) is 0 Å². The molecule has 4 rings (SSSR count). The fourth-order valence-electron chi connectivity index (χ4n) is 3.33. The molecule has 11 heteroatoms. The first-order valence-corrected chi connectivity index (χ1v) is 12.1. The third-order valence-corrected chi connectivity index (χ3v) is 7.62. The van der Waals surface area contributed by atoms with Gasteiger partial charge in [-0.15, -0.1) is 0 Å². The number of hydrogen-bond acceptors (Lipinski definition) is 4. The Kier molecular flexibility index (Phi) is 7.67. The van der Waals surface area contributed by atoms with Crippen LogP contribution in [0.5, 0.6) is 5.75 Å². The number of carbonyl (C=O) groups excluding carboxylic acids is 1. The third-order valence-electron chi connectivity index (χ3n) is 5.08. The van der Waals surface area contributed by atoms with Gasteiger partial charge in [-0.2, -0.15) is 0 Å². The molecule has 1 fully saturated rings. The molecule has 34 heavy (non-hydrogen) atoms. The lowest BCUT2D eigenvalue weighted by Gasteiger charge is -2.23. The van der Waals surface area contributed by atoms with Crippen molar-refractivity contribution in [3.05, 3.63) is 90.4 Å². The molecule has 1 saturated heterocycles. The first kappa shape index (κ1) is 25.2. The quantitative estimate of drug-likeness (QED) is 0.140. The highest BCUT2D eigenvalue weighted by atomic mass is 35.5. The van der Waals surface area contributed by atoms with E-state index in [1.54, 1.807) is 18.2 Å². The van der Waals surface area contributed by atoms with E-state index in [2.05, 4.69) is 5.32 Å². The normalized spacial score (nSPS) is 15.7. The van der Waals surface area contributed by atoms with Crippen LogP contribution in [0.4, 0.5) is 0 Å². The second-order valence-electron chi connectivity index (χ2n) is 7.24. The summed E-state index contributed by atoms with van der Waals surface area (Å²) in [5.74, 6) is 0.710. The van der Waals surface area contributed by atoms with Crippen LogP contribution in [-0.4, -0.2) is 15.9 Å². The molecule has 2 heterocycles. The molecule has 0 radical (unpaired) electrons. The summed E-state index contributed by atoms with van der Waals surface area (Å²) in [6.07, 6.45) is 1.58. The second-order valence-corrected chi connectivity index (χ2v) is 9.52. The second kappa shape index (κ2) is 10.4. The molecule has 2 aromatic carbocycles. The van der Waals surface area contributed by atoms with E-state index in [-0.39, 0.29) is 49.4 Å². The number of halogens is 5. The summed E-state index contributed by atoms with van der Waals surface area (Å²) in [5.41, 5.74) is 1.27. The maximum Gasteiger partial charge on any atom is 0.277 e. The van der Waals surface area contributed by atoms with Crippen molar-refractivity contribution in [3.8, 4) is 5.75 Å². The van der Waals surface area contributed by atoms with Crippen molar-refractivity contribution < 1.29 is 13.9 Å². The Morgan fingerprint density at radius 2 is 1.62 bits per heavy atom. The van der Waals surface area contributed by atoms with Crippen LogP contribution in [0.25, 0.3) is 6.08 Å². The Balaban J connectivity index is 1.49. The number of rotatable bonds is 6. The zero-order chi connectivity index (χ0) is 24.6. The zero-order valence-corrected chi connectivity index (χ0v) is 22.0. The first-order valence-electron chi connectivity index (χ1n) is 9.83.